The van der Waals surface area contributed by atoms with Crippen LogP contribution in [0.3, 0.4) is 0 Å². The number of hydrogen-bond donors (Lipinski definition) is 0. The van der Waals surface area contributed by atoms with Gasteiger partial charge in [-0.2, -0.15) is 8.78 Å². The smallest absolute Gasteiger partial charge is 0.372 e. The quantitative estimate of drug-likeness (QED) is 0.422. The first-order valence-electron chi connectivity index (χ1n) is 6.15. The maximum Gasteiger partial charge on any atom is 0.379 e. The lowest BCUT2D eigenvalue weighted by atomic mass is 10.4. The van der Waals surface area contributed by atoms with Crippen LogP contribution in [-0.2, 0) is 23.7 Å². The summed E-state index contributed by atoms with van der Waals surface area (Å²) in [5.74, 6) is -3.49. The highest BCUT2D eigenvalue weighted by Crippen LogP contribution is 2.23. The number of halogens is 4. The van der Waals surface area contributed by atoms with Crippen molar-refractivity contribution in [1.29, 1.82) is 0 Å². The molecule has 0 aromatic carbocycles. The molecule has 0 radical (unpaired) electrons. The standard InChI is InChI=1S/C11H16F4O5/c12-10(13,5-16-1-8-3-18-8)6-20-11(14,15)7-17-2-9-4-19-9/h8-9H,1-7H2. The van der Waals surface area contributed by atoms with Gasteiger partial charge in [-0.15, -0.1) is 0 Å². The Morgan fingerprint density at radius 3 is 1.85 bits per heavy atom. The molecule has 0 aliphatic carbocycles. The zero-order chi connectivity index (χ0) is 14.6. The number of epoxide rings is 2. The van der Waals surface area contributed by atoms with Gasteiger partial charge in [0.15, 0.2) is 0 Å². The van der Waals surface area contributed by atoms with Crippen LogP contribution in [0.25, 0.3) is 0 Å². The fourth-order valence-electron chi connectivity index (χ4n) is 1.27. The van der Waals surface area contributed by atoms with Crippen LogP contribution in [0.2, 0.25) is 0 Å². The van der Waals surface area contributed by atoms with Crippen molar-refractivity contribution in [1.82, 2.24) is 0 Å². The minimum absolute atomic E-state index is 0.000156. The molecule has 0 amide bonds. The molecule has 9 heteroatoms. The van der Waals surface area contributed by atoms with E-state index in [1.54, 1.807) is 0 Å². The summed E-state index contributed by atoms with van der Waals surface area (Å²) in [5, 5.41) is 0. The number of hydrogen-bond acceptors (Lipinski definition) is 5. The Kier molecular flexibility index (Phi) is 5.19. The monoisotopic (exact) mass is 304 g/mol. The third-order valence-electron chi connectivity index (χ3n) is 2.49. The molecule has 5 nitrogen and oxygen atoms in total. The first-order chi connectivity index (χ1) is 9.36. The molecule has 118 valence electrons. The van der Waals surface area contributed by atoms with Crippen LogP contribution < -0.4 is 0 Å². The average Bonchev–Trinajstić information content (AvgIpc) is 3.20. The Hall–Kier alpha value is -0.480. The summed E-state index contributed by atoms with van der Waals surface area (Å²) in [4.78, 5) is 0. The van der Waals surface area contributed by atoms with E-state index in [0.717, 1.165) is 0 Å². The summed E-state index contributed by atoms with van der Waals surface area (Å²) in [7, 11) is 0. The van der Waals surface area contributed by atoms with Crippen LogP contribution in [0.4, 0.5) is 17.6 Å². The summed E-state index contributed by atoms with van der Waals surface area (Å²) >= 11 is 0. The Bertz CT molecular complexity index is 277. The second kappa shape index (κ2) is 6.52. The largest absolute Gasteiger partial charge is 0.379 e. The molecular formula is C11H16F4O5. The summed E-state index contributed by atoms with van der Waals surface area (Å²) in [5.41, 5.74) is 0. The third kappa shape index (κ3) is 6.80. The van der Waals surface area contributed by atoms with Gasteiger partial charge in [-0.3, -0.25) is 0 Å². The fraction of sp³-hybridized carbons (Fsp3) is 1.00. The average molecular weight is 304 g/mol. The topological polar surface area (TPSA) is 52.8 Å². The maximum absolute atomic E-state index is 13.2. The first kappa shape index (κ1) is 15.9. The van der Waals surface area contributed by atoms with Crippen molar-refractivity contribution in [2.45, 2.75) is 24.2 Å². The van der Waals surface area contributed by atoms with Crippen LogP contribution in [0.5, 0.6) is 0 Å². The molecule has 20 heavy (non-hydrogen) atoms. The number of alkyl halides is 4. The molecule has 0 aromatic heterocycles. The Morgan fingerprint density at radius 2 is 1.35 bits per heavy atom. The van der Waals surface area contributed by atoms with Gasteiger partial charge in [0.25, 0.3) is 5.92 Å². The van der Waals surface area contributed by atoms with Gasteiger partial charge >= 0.3 is 6.11 Å². The van der Waals surface area contributed by atoms with Crippen molar-refractivity contribution in [3.63, 3.8) is 0 Å². The second-order valence-corrected chi connectivity index (χ2v) is 4.72. The minimum Gasteiger partial charge on any atom is -0.372 e. The molecule has 0 N–H and O–H groups in total. The predicted molar refractivity (Wildman–Crippen MR) is 57.0 cm³/mol. The lowest BCUT2D eigenvalue weighted by Gasteiger charge is -2.21. The molecule has 0 bridgehead atoms. The van der Waals surface area contributed by atoms with Crippen molar-refractivity contribution in [3.8, 4) is 0 Å². The van der Waals surface area contributed by atoms with Gasteiger partial charge in [-0.1, -0.05) is 0 Å². The summed E-state index contributed by atoms with van der Waals surface area (Å²) in [6, 6.07) is 0. The van der Waals surface area contributed by atoms with Crippen LogP contribution in [-0.4, -0.2) is 70.5 Å². The van der Waals surface area contributed by atoms with E-state index < -0.39 is 31.9 Å². The van der Waals surface area contributed by atoms with Crippen molar-refractivity contribution >= 4 is 0 Å². The summed E-state index contributed by atoms with van der Waals surface area (Å²) in [6.45, 7) is -2.54. The Balaban J connectivity index is 1.56. The Labute approximate surface area is 113 Å². The number of rotatable bonds is 11. The fourth-order valence-corrected chi connectivity index (χ4v) is 1.27. The predicted octanol–water partition coefficient (Wildman–Crippen LogP) is 1.06. The van der Waals surface area contributed by atoms with E-state index in [-0.39, 0.29) is 25.4 Å². The maximum atomic E-state index is 13.2. The normalized spacial score (nSPS) is 25.8. The lowest BCUT2D eigenvalue weighted by Crippen LogP contribution is -2.37. The van der Waals surface area contributed by atoms with Crippen molar-refractivity contribution in [3.05, 3.63) is 0 Å². The zero-order valence-electron chi connectivity index (χ0n) is 10.7. The highest BCUT2D eigenvalue weighted by Gasteiger charge is 2.39. The van der Waals surface area contributed by atoms with E-state index in [4.69, 9.17) is 9.47 Å². The van der Waals surface area contributed by atoms with E-state index in [9.17, 15) is 17.6 Å². The summed E-state index contributed by atoms with van der Waals surface area (Å²) < 4.78 is 75.3. The molecule has 2 saturated heterocycles. The van der Waals surface area contributed by atoms with Crippen LogP contribution >= 0.6 is 0 Å². The van der Waals surface area contributed by atoms with Crippen molar-refractivity contribution in [2.24, 2.45) is 0 Å². The highest BCUT2D eigenvalue weighted by molar-refractivity contribution is 4.71. The molecule has 2 atom stereocenters. The van der Waals surface area contributed by atoms with Gasteiger partial charge in [-0.25, -0.2) is 8.78 Å². The van der Waals surface area contributed by atoms with Crippen LogP contribution in [0, 0.1) is 0 Å². The van der Waals surface area contributed by atoms with Crippen LogP contribution in [0.15, 0.2) is 0 Å². The molecule has 0 saturated carbocycles. The van der Waals surface area contributed by atoms with E-state index >= 15 is 0 Å². The minimum atomic E-state index is -3.77. The summed E-state index contributed by atoms with van der Waals surface area (Å²) in [6.07, 6.45) is -4.10. The molecule has 2 heterocycles. The van der Waals surface area contributed by atoms with Crippen molar-refractivity contribution < 1.29 is 41.2 Å². The molecule has 0 spiro atoms. The van der Waals surface area contributed by atoms with E-state index in [0.29, 0.717) is 13.2 Å². The molecular weight excluding hydrogens is 288 g/mol. The SMILES string of the molecule is FC(F)(COCC1CO1)COC(F)(F)COCC1CO1. The Morgan fingerprint density at radius 1 is 0.850 bits per heavy atom. The zero-order valence-corrected chi connectivity index (χ0v) is 10.7. The van der Waals surface area contributed by atoms with Gasteiger partial charge < -0.3 is 23.7 Å². The molecule has 2 unspecified atom stereocenters. The van der Waals surface area contributed by atoms with Gasteiger partial charge in [0, 0.05) is 0 Å². The van der Waals surface area contributed by atoms with Crippen molar-refractivity contribution in [2.75, 3.05) is 46.2 Å². The van der Waals surface area contributed by atoms with E-state index in [2.05, 4.69) is 14.2 Å². The molecule has 0 aromatic rings. The highest BCUT2D eigenvalue weighted by atomic mass is 19.3. The third-order valence-corrected chi connectivity index (χ3v) is 2.49. The van der Waals surface area contributed by atoms with E-state index in [1.807, 2.05) is 0 Å². The molecule has 2 rings (SSSR count). The lowest BCUT2D eigenvalue weighted by molar-refractivity contribution is -0.290. The molecule has 2 aliphatic heterocycles. The van der Waals surface area contributed by atoms with Gasteiger partial charge in [0.1, 0.15) is 32.0 Å². The molecule has 2 fully saturated rings. The number of ether oxygens (including phenoxy) is 5. The van der Waals surface area contributed by atoms with Gasteiger partial charge in [-0.05, 0) is 0 Å². The van der Waals surface area contributed by atoms with E-state index in [1.165, 1.54) is 0 Å². The second-order valence-electron chi connectivity index (χ2n) is 4.72. The molecule has 2 aliphatic rings. The van der Waals surface area contributed by atoms with Gasteiger partial charge in [0.05, 0.1) is 26.4 Å². The van der Waals surface area contributed by atoms with Gasteiger partial charge in [0.2, 0.25) is 0 Å². The van der Waals surface area contributed by atoms with Crippen LogP contribution in [0.1, 0.15) is 0 Å². The first-order valence-corrected chi connectivity index (χ1v) is 6.15.